The number of hydrogen-bond donors (Lipinski definition) is 0. The number of aryl methyl sites for hydroxylation is 2. The summed E-state index contributed by atoms with van der Waals surface area (Å²) in [6.07, 6.45) is 0.480. The Bertz CT molecular complexity index is 732. The van der Waals surface area contributed by atoms with Gasteiger partial charge in [-0.3, -0.25) is 4.79 Å². The molecule has 1 fully saturated rings. The molecule has 1 saturated heterocycles. The van der Waals surface area contributed by atoms with Crippen LogP contribution in [0.5, 0.6) is 5.75 Å². The van der Waals surface area contributed by atoms with E-state index >= 15 is 0 Å². The van der Waals surface area contributed by atoms with Crippen LogP contribution in [-0.2, 0) is 11.2 Å². The highest BCUT2D eigenvalue weighted by Gasteiger charge is 2.23. The molecule has 0 saturated carbocycles. The van der Waals surface area contributed by atoms with E-state index in [9.17, 15) is 4.79 Å². The molecule has 1 heterocycles. The normalized spacial score (nSPS) is 14.5. The van der Waals surface area contributed by atoms with Gasteiger partial charge in [0.2, 0.25) is 5.91 Å². The molecule has 1 amide bonds. The topological polar surface area (TPSA) is 32.8 Å². The van der Waals surface area contributed by atoms with Gasteiger partial charge in [0.25, 0.3) is 0 Å². The van der Waals surface area contributed by atoms with Gasteiger partial charge in [-0.05, 0) is 37.1 Å². The fourth-order valence-electron chi connectivity index (χ4n) is 3.24. The maximum atomic E-state index is 12.6. The van der Waals surface area contributed by atoms with Crippen LogP contribution >= 0.6 is 0 Å². The summed E-state index contributed by atoms with van der Waals surface area (Å²) in [4.78, 5) is 16.8. The Kier molecular flexibility index (Phi) is 5.27. The lowest BCUT2D eigenvalue weighted by atomic mass is 10.1. The highest BCUT2D eigenvalue weighted by atomic mass is 16.5. The van der Waals surface area contributed by atoms with Gasteiger partial charge in [-0.2, -0.15) is 0 Å². The Hall–Kier alpha value is -2.49. The van der Waals surface area contributed by atoms with Crippen LogP contribution in [0.3, 0.4) is 0 Å². The number of piperazine rings is 1. The van der Waals surface area contributed by atoms with E-state index in [1.807, 2.05) is 23.1 Å². The van der Waals surface area contributed by atoms with Crippen LogP contribution in [0.4, 0.5) is 5.69 Å². The van der Waals surface area contributed by atoms with Crippen LogP contribution in [0.25, 0.3) is 0 Å². The Balaban J connectivity index is 1.61. The molecule has 0 atom stereocenters. The van der Waals surface area contributed by atoms with Gasteiger partial charge in [0.15, 0.2) is 0 Å². The van der Waals surface area contributed by atoms with E-state index < -0.39 is 0 Å². The lowest BCUT2D eigenvalue weighted by Crippen LogP contribution is -2.49. The molecule has 0 radical (unpaired) electrons. The second-order valence-electron chi connectivity index (χ2n) is 6.71. The zero-order valence-electron chi connectivity index (χ0n) is 15.3. The van der Waals surface area contributed by atoms with Gasteiger partial charge >= 0.3 is 0 Å². The standard InChI is InChI=1S/C21H26N2O2/c1-16-4-7-18(8-5-16)15-21(24)23-12-10-22(11-13-23)19-14-17(2)6-9-20(19)25-3/h4-9,14H,10-13,15H2,1-3H3. The Morgan fingerprint density at radius 2 is 1.60 bits per heavy atom. The van der Waals surface area contributed by atoms with Crippen molar-refractivity contribution in [1.29, 1.82) is 0 Å². The minimum absolute atomic E-state index is 0.208. The van der Waals surface area contributed by atoms with Crippen LogP contribution in [0.2, 0.25) is 0 Å². The average molecular weight is 338 g/mol. The number of carbonyl (C=O) groups is 1. The number of methoxy groups -OCH3 is 1. The molecule has 4 nitrogen and oxygen atoms in total. The van der Waals surface area contributed by atoms with Gasteiger partial charge in [0.05, 0.1) is 19.2 Å². The molecule has 25 heavy (non-hydrogen) atoms. The van der Waals surface area contributed by atoms with Gasteiger partial charge in [0, 0.05) is 26.2 Å². The zero-order valence-corrected chi connectivity index (χ0v) is 15.3. The lowest BCUT2D eigenvalue weighted by molar-refractivity contribution is -0.130. The van der Waals surface area contributed by atoms with Gasteiger partial charge < -0.3 is 14.5 Å². The first kappa shape index (κ1) is 17.3. The first-order valence-electron chi connectivity index (χ1n) is 8.80. The minimum Gasteiger partial charge on any atom is -0.495 e. The summed E-state index contributed by atoms with van der Waals surface area (Å²) in [5, 5.41) is 0. The molecule has 3 rings (SSSR count). The zero-order chi connectivity index (χ0) is 17.8. The fourth-order valence-corrected chi connectivity index (χ4v) is 3.24. The van der Waals surface area contributed by atoms with Gasteiger partial charge in [0.1, 0.15) is 5.75 Å². The summed E-state index contributed by atoms with van der Waals surface area (Å²) in [7, 11) is 1.70. The number of benzene rings is 2. The van der Waals surface area contributed by atoms with Crippen molar-refractivity contribution in [2.45, 2.75) is 20.3 Å². The van der Waals surface area contributed by atoms with Crippen molar-refractivity contribution in [3.63, 3.8) is 0 Å². The molecule has 1 aliphatic rings. The van der Waals surface area contributed by atoms with E-state index in [2.05, 4.69) is 43.0 Å². The molecule has 0 N–H and O–H groups in total. The molecule has 0 spiro atoms. The number of rotatable bonds is 4. The van der Waals surface area contributed by atoms with E-state index in [-0.39, 0.29) is 5.91 Å². The maximum Gasteiger partial charge on any atom is 0.227 e. The smallest absolute Gasteiger partial charge is 0.227 e. The third kappa shape index (κ3) is 4.13. The maximum absolute atomic E-state index is 12.6. The van der Waals surface area contributed by atoms with Crippen LogP contribution in [0.1, 0.15) is 16.7 Å². The van der Waals surface area contributed by atoms with E-state index in [0.29, 0.717) is 6.42 Å². The van der Waals surface area contributed by atoms with Gasteiger partial charge in [-0.25, -0.2) is 0 Å². The average Bonchev–Trinajstić information content (AvgIpc) is 2.63. The lowest BCUT2D eigenvalue weighted by Gasteiger charge is -2.36. The van der Waals surface area contributed by atoms with E-state index in [1.165, 1.54) is 11.1 Å². The van der Waals surface area contributed by atoms with Gasteiger partial charge in [-0.15, -0.1) is 0 Å². The Morgan fingerprint density at radius 3 is 2.24 bits per heavy atom. The monoisotopic (exact) mass is 338 g/mol. The predicted molar refractivity (Wildman–Crippen MR) is 101 cm³/mol. The quantitative estimate of drug-likeness (QED) is 0.858. The van der Waals surface area contributed by atoms with Crippen LogP contribution in [0.15, 0.2) is 42.5 Å². The van der Waals surface area contributed by atoms with E-state index in [4.69, 9.17) is 4.74 Å². The van der Waals surface area contributed by atoms with Crippen molar-refractivity contribution < 1.29 is 9.53 Å². The molecule has 4 heteroatoms. The van der Waals surface area contributed by atoms with E-state index in [1.54, 1.807) is 7.11 Å². The molecular weight excluding hydrogens is 312 g/mol. The first-order valence-corrected chi connectivity index (χ1v) is 8.80. The highest BCUT2D eigenvalue weighted by Crippen LogP contribution is 2.30. The second kappa shape index (κ2) is 7.60. The number of ether oxygens (including phenoxy) is 1. The molecule has 0 aromatic heterocycles. The first-order chi connectivity index (χ1) is 12.1. The summed E-state index contributed by atoms with van der Waals surface area (Å²) >= 11 is 0. The van der Waals surface area contributed by atoms with Crippen molar-refractivity contribution in [2.75, 3.05) is 38.2 Å². The Morgan fingerprint density at radius 1 is 0.960 bits per heavy atom. The molecule has 2 aromatic carbocycles. The molecule has 0 bridgehead atoms. The third-order valence-electron chi connectivity index (χ3n) is 4.78. The highest BCUT2D eigenvalue weighted by molar-refractivity contribution is 5.79. The minimum atomic E-state index is 0.208. The van der Waals surface area contributed by atoms with Crippen molar-refractivity contribution in [2.24, 2.45) is 0 Å². The number of anilines is 1. The number of hydrogen-bond acceptors (Lipinski definition) is 3. The fraction of sp³-hybridized carbons (Fsp3) is 0.381. The van der Waals surface area contributed by atoms with Crippen molar-refractivity contribution in [3.05, 3.63) is 59.2 Å². The molecule has 2 aromatic rings. The third-order valence-corrected chi connectivity index (χ3v) is 4.78. The summed E-state index contributed by atoms with van der Waals surface area (Å²) in [5.41, 5.74) is 4.64. The second-order valence-corrected chi connectivity index (χ2v) is 6.71. The van der Waals surface area contributed by atoms with Gasteiger partial charge in [-0.1, -0.05) is 35.9 Å². The molecule has 132 valence electrons. The number of nitrogens with zero attached hydrogens (tertiary/aromatic N) is 2. The van der Waals surface area contributed by atoms with Crippen LogP contribution in [0, 0.1) is 13.8 Å². The molecule has 1 aliphatic heterocycles. The van der Waals surface area contributed by atoms with E-state index in [0.717, 1.165) is 43.2 Å². The number of carbonyl (C=O) groups excluding carboxylic acids is 1. The summed E-state index contributed by atoms with van der Waals surface area (Å²) in [6.45, 7) is 7.32. The Labute approximate surface area is 150 Å². The summed E-state index contributed by atoms with van der Waals surface area (Å²) in [5.74, 6) is 1.10. The van der Waals surface area contributed by atoms with Crippen molar-refractivity contribution in [3.8, 4) is 5.75 Å². The summed E-state index contributed by atoms with van der Waals surface area (Å²) in [6, 6.07) is 14.4. The van der Waals surface area contributed by atoms with Crippen molar-refractivity contribution >= 4 is 11.6 Å². The molecular formula is C21H26N2O2. The van der Waals surface area contributed by atoms with Crippen LogP contribution in [-0.4, -0.2) is 44.1 Å². The summed E-state index contributed by atoms with van der Waals surface area (Å²) < 4.78 is 5.49. The SMILES string of the molecule is COc1ccc(C)cc1N1CCN(C(=O)Cc2ccc(C)cc2)CC1. The number of amides is 1. The predicted octanol–water partition coefficient (Wildman–Crippen LogP) is 3.20. The molecule has 0 aliphatic carbocycles. The largest absolute Gasteiger partial charge is 0.495 e. The van der Waals surface area contributed by atoms with Crippen molar-refractivity contribution in [1.82, 2.24) is 4.90 Å². The van der Waals surface area contributed by atoms with Crippen LogP contribution < -0.4 is 9.64 Å². The molecule has 0 unspecified atom stereocenters.